The molecule has 6 nitrogen and oxygen atoms in total. The number of benzene rings is 2. The molecule has 30 heavy (non-hydrogen) atoms. The summed E-state index contributed by atoms with van der Waals surface area (Å²) < 4.78 is 12.8. The average Bonchev–Trinajstić information content (AvgIpc) is 3.22. The van der Waals surface area contributed by atoms with Crippen LogP contribution in [0.15, 0.2) is 72.1 Å². The Morgan fingerprint density at radius 2 is 1.70 bits per heavy atom. The highest BCUT2D eigenvalue weighted by atomic mass is 35.5. The van der Waals surface area contributed by atoms with Gasteiger partial charge >= 0.3 is 0 Å². The molecule has 4 aromatic rings. The second-order valence-corrected chi connectivity index (χ2v) is 7.70. The van der Waals surface area contributed by atoms with E-state index in [9.17, 15) is 0 Å². The third kappa shape index (κ3) is 4.27. The van der Waals surface area contributed by atoms with Crippen molar-refractivity contribution in [3.05, 3.63) is 77.6 Å². The van der Waals surface area contributed by atoms with Crippen LogP contribution in [-0.2, 0) is 5.75 Å². The molecule has 0 atom stereocenters. The number of ether oxygens (including phenoxy) is 2. The van der Waals surface area contributed by atoms with Crippen LogP contribution in [0.25, 0.3) is 17.1 Å². The van der Waals surface area contributed by atoms with Gasteiger partial charge in [0.05, 0.1) is 14.2 Å². The zero-order valence-corrected chi connectivity index (χ0v) is 18.0. The summed E-state index contributed by atoms with van der Waals surface area (Å²) in [7, 11) is 3.30. The number of hydrogen-bond donors (Lipinski definition) is 0. The lowest BCUT2D eigenvalue weighted by Gasteiger charge is -2.12. The van der Waals surface area contributed by atoms with Crippen LogP contribution in [0.2, 0.25) is 5.02 Å². The van der Waals surface area contributed by atoms with Crippen molar-refractivity contribution in [3.63, 3.8) is 0 Å². The van der Waals surface area contributed by atoms with Crippen molar-refractivity contribution in [2.75, 3.05) is 14.2 Å². The molecule has 4 rings (SSSR count). The molecule has 0 unspecified atom stereocenters. The number of hydrogen-bond acceptors (Lipinski definition) is 6. The van der Waals surface area contributed by atoms with Crippen molar-refractivity contribution in [2.24, 2.45) is 0 Å². The second kappa shape index (κ2) is 9.19. The molecule has 0 spiro atoms. The van der Waals surface area contributed by atoms with Crippen molar-refractivity contribution in [1.29, 1.82) is 0 Å². The summed E-state index contributed by atoms with van der Waals surface area (Å²) in [6, 6.07) is 17.2. The molecule has 0 aliphatic rings. The van der Waals surface area contributed by atoms with Gasteiger partial charge in [0.15, 0.2) is 11.0 Å². The van der Waals surface area contributed by atoms with Crippen LogP contribution in [0, 0.1) is 0 Å². The summed E-state index contributed by atoms with van der Waals surface area (Å²) in [5.74, 6) is 2.95. The van der Waals surface area contributed by atoms with Gasteiger partial charge < -0.3 is 9.47 Å². The Hall–Kier alpha value is -3.03. The first kappa shape index (κ1) is 20.3. The van der Waals surface area contributed by atoms with Crippen LogP contribution in [0.1, 0.15) is 5.56 Å². The lowest BCUT2D eigenvalue weighted by Crippen LogP contribution is -2.00. The summed E-state index contributed by atoms with van der Waals surface area (Å²) in [6.45, 7) is 0. The quantitative estimate of drug-likeness (QED) is 0.365. The molecule has 2 heterocycles. The number of pyridine rings is 1. The van der Waals surface area contributed by atoms with Gasteiger partial charge in [-0.05, 0) is 54.6 Å². The molecule has 2 aromatic heterocycles. The van der Waals surface area contributed by atoms with E-state index < -0.39 is 0 Å². The molecule has 8 heteroatoms. The number of thioether (sulfide) groups is 1. The maximum absolute atomic E-state index is 6.18. The number of methoxy groups -OCH3 is 2. The molecule has 0 N–H and O–H groups in total. The van der Waals surface area contributed by atoms with Gasteiger partial charge in [-0.15, -0.1) is 10.2 Å². The smallest absolute Gasteiger partial charge is 0.196 e. The van der Waals surface area contributed by atoms with Gasteiger partial charge in [-0.3, -0.25) is 9.55 Å². The number of aromatic nitrogens is 4. The van der Waals surface area contributed by atoms with Crippen molar-refractivity contribution in [2.45, 2.75) is 10.9 Å². The first-order valence-electron chi connectivity index (χ1n) is 9.15. The van der Waals surface area contributed by atoms with Crippen LogP contribution in [0.3, 0.4) is 0 Å². The summed E-state index contributed by atoms with van der Waals surface area (Å²) in [6.07, 6.45) is 3.48. The SMILES string of the molecule is COc1ccc(-n2c(SCc3cc(Cl)ccc3OC)nnc2-c2ccncc2)cc1. The molecule has 2 aromatic carbocycles. The van der Waals surface area contributed by atoms with Gasteiger partial charge in [-0.25, -0.2) is 0 Å². The minimum atomic E-state index is 0.633. The lowest BCUT2D eigenvalue weighted by molar-refractivity contribution is 0.411. The van der Waals surface area contributed by atoms with Gasteiger partial charge in [-0.2, -0.15) is 0 Å². The average molecular weight is 439 g/mol. The molecule has 0 bridgehead atoms. The van der Waals surface area contributed by atoms with Crippen LogP contribution < -0.4 is 9.47 Å². The van der Waals surface area contributed by atoms with Gasteiger partial charge in [0.2, 0.25) is 0 Å². The Bertz CT molecular complexity index is 1130. The largest absolute Gasteiger partial charge is 0.497 e. The fourth-order valence-corrected chi connectivity index (χ4v) is 4.14. The van der Waals surface area contributed by atoms with E-state index in [4.69, 9.17) is 21.1 Å². The van der Waals surface area contributed by atoms with E-state index >= 15 is 0 Å². The summed E-state index contributed by atoms with van der Waals surface area (Å²) in [4.78, 5) is 4.10. The molecular formula is C22H19ClN4O2S. The van der Waals surface area contributed by atoms with Gasteiger partial charge in [0.1, 0.15) is 11.5 Å². The fraction of sp³-hybridized carbons (Fsp3) is 0.136. The van der Waals surface area contributed by atoms with Crippen molar-refractivity contribution < 1.29 is 9.47 Å². The van der Waals surface area contributed by atoms with Crippen molar-refractivity contribution in [1.82, 2.24) is 19.7 Å². The maximum atomic E-state index is 6.18. The van der Waals surface area contributed by atoms with E-state index in [2.05, 4.69) is 15.2 Å². The number of halogens is 1. The van der Waals surface area contributed by atoms with Crippen LogP contribution in [-0.4, -0.2) is 34.0 Å². The number of nitrogens with zero attached hydrogens (tertiary/aromatic N) is 4. The minimum Gasteiger partial charge on any atom is -0.497 e. The Morgan fingerprint density at radius 3 is 2.40 bits per heavy atom. The van der Waals surface area contributed by atoms with Gasteiger partial charge in [-0.1, -0.05) is 23.4 Å². The molecule has 0 fully saturated rings. The Morgan fingerprint density at radius 1 is 0.933 bits per heavy atom. The predicted molar refractivity (Wildman–Crippen MR) is 119 cm³/mol. The summed E-state index contributed by atoms with van der Waals surface area (Å²) >= 11 is 7.74. The van der Waals surface area contributed by atoms with E-state index in [1.807, 2.05) is 59.2 Å². The highest BCUT2D eigenvalue weighted by Gasteiger charge is 2.17. The van der Waals surface area contributed by atoms with E-state index in [0.717, 1.165) is 39.3 Å². The highest BCUT2D eigenvalue weighted by molar-refractivity contribution is 7.98. The maximum Gasteiger partial charge on any atom is 0.196 e. The van der Waals surface area contributed by atoms with E-state index in [0.29, 0.717) is 10.8 Å². The van der Waals surface area contributed by atoms with Gasteiger partial charge in [0, 0.05) is 40.0 Å². The van der Waals surface area contributed by atoms with Crippen LogP contribution in [0.4, 0.5) is 0 Å². The lowest BCUT2D eigenvalue weighted by atomic mass is 10.2. The molecule has 0 saturated heterocycles. The van der Waals surface area contributed by atoms with Crippen molar-refractivity contribution in [3.8, 4) is 28.6 Å². The fourth-order valence-electron chi connectivity index (χ4n) is 3.02. The standard InChI is InChI=1S/C22H19ClN4O2S/c1-28-19-6-4-18(5-7-19)27-21(15-9-11-24-12-10-15)25-26-22(27)30-14-16-13-17(23)3-8-20(16)29-2/h3-13H,14H2,1-2H3. The molecule has 0 saturated carbocycles. The zero-order valence-electron chi connectivity index (χ0n) is 16.4. The predicted octanol–water partition coefficient (Wildman–Crippen LogP) is 5.29. The van der Waals surface area contributed by atoms with Gasteiger partial charge in [0.25, 0.3) is 0 Å². The number of rotatable bonds is 7. The molecular weight excluding hydrogens is 420 g/mol. The van der Waals surface area contributed by atoms with Crippen molar-refractivity contribution >= 4 is 23.4 Å². The molecule has 0 aliphatic carbocycles. The van der Waals surface area contributed by atoms with E-state index in [1.54, 1.807) is 38.4 Å². The van der Waals surface area contributed by atoms with E-state index in [-0.39, 0.29) is 0 Å². The highest BCUT2D eigenvalue weighted by Crippen LogP contribution is 2.33. The molecule has 0 aliphatic heterocycles. The minimum absolute atomic E-state index is 0.633. The topological polar surface area (TPSA) is 62.1 Å². The molecule has 152 valence electrons. The first-order valence-corrected chi connectivity index (χ1v) is 10.5. The normalized spacial score (nSPS) is 10.8. The molecule has 0 amide bonds. The first-order chi connectivity index (χ1) is 14.7. The summed E-state index contributed by atoms with van der Waals surface area (Å²) in [5, 5.41) is 10.3. The molecule has 0 radical (unpaired) electrons. The monoisotopic (exact) mass is 438 g/mol. The Labute approximate surface area is 183 Å². The Kier molecular flexibility index (Phi) is 6.21. The van der Waals surface area contributed by atoms with E-state index in [1.165, 1.54) is 0 Å². The van der Waals surface area contributed by atoms with Crippen LogP contribution >= 0.6 is 23.4 Å². The Balaban J connectivity index is 1.73. The third-order valence-corrected chi connectivity index (χ3v) is 5.71. The summed E-state index contributed by atoms with van der Waals surface area (Å²) in [5.41, 5.74) is 2.86. The van der Waals surface area contributed by atoms with Crippen LogP contribution in [0.5, 0.6) is 11.5 Å². The second-order valence-electron chi connectivity index (χ2n) is 6.32. The third-order valence-electron chi connectivity index (χ3n) is 4.50. The zero-order chi connectivity index (χ0) is 20.9.